The van der Waals surface area contributed by atoms with Gasteiger partial charge in [0.1, 0.15) is 11.6 Å². The van der Waals surface area contributed by atoms with E-state index in [4.69, 9.17) is 4.98 Å². The molecule has 36 heavy (non-hydrogen) atoms. The van der Waals surface area contributed by atoms with Gasteiger partial charge in [-0.05, 0) is 55.0 Å². The summed E-state index contributed by atoms with van der Waals surface area (Å²) < 4.78 is 30.3. The zero-order valence-electron chi connectivity index (χ0n) is 18.9. The summed E-state index contributed by atoms with van der Waals surface area (Å²) in [6.45, 7) is 0.837. The third-order valence-corrected chi connectivity index (χ3v) is 8.25. The summed E-state index contributed by atoms with van der Waals surface area (Å²) in [5, 5.41) is 15.2. The molecule has 0 aliphatic heterocycles. The smallest absolute Gasteiger partial charge is 0.240 e. The molecule has 0 bridgehead atoms. The van der Waals surface area contributed by atoms with Gasteiger partial charge in [-0.1, -0.05) is 28.1 Å². The summed E-state index contributed by atoms with van der Waals surface area (Å²) in [4.78, 5) is 10.3. The van der Waals surface area contributed by atoms with Crippen molar-refractivity contribution in [3.63, 3.8) is 0 Å². The number of hydrogen-bond acceptors (Lipinski definition) is 7. The number of rotatable bonds is 9. The van der Waals surface area contributed by atoms with Gasteiger partial charge in [-0.3, -0.25) is 4.40 Å². The first-order chi connectivity index (χ1) is 17.4. The minimum Gasteiger partial charge on any atom is -0.508 e. The highest BCUT2D eigenvalue weighted by atomic mass is 79.9. The maximum Gasteiger partial charge on any atom is 0.240 e. The Hall–Kier alpha value is -3.25. The molecule has 8 nitrogen and oxygen atoms in total. The minimum atomic E-state index is -3.55. The predicted octanol–water partition coefficient (Wildman–Crippen LogP) is 5.37. The van der Waals surface area contributed by atoms with Crippen molar-refractivity contribution in [3.05, 3.63) is 82.9 Å². The molecule has 5 rings (SSSR count). The van der Waals surface area contributed by atoms with Crippen LogP contribution in [0.1, 0.15) is 6.42 Å². The van der Waals surface area contributed by atoms with E-state index in [-0.39, 0.29) is 10.6 Å². The van der Waals surface area contributed by atoms with E-state index in [1.807, 2.05) is 34.2 Å². The first kappa shape index (κ1) is 24.4. The molecule has 5 aromatic rings. The van der Waals surface area contributed by atoms with Crippen LogP contribution in [-0.2, 0) is 10.0 Å². The summed E-state index contributed by atoms with van der Waals surface area (Å²) in [5.41, 5.74) is 3.43. The third kappa shape index (κ3) is 5.29. The van der Waals surface area contributed by atoms with Crippen LogP contribution in [0.5, 0.6) is 5.75 Å². The van der Waals surface area contributed by atoms with Crippen LogP contribution in [0.25, 0.3) is 27.5 Å². The molecular weight excluding hydrogens is 562 g/mol. The fourth-order valence-electron chi connectivity index (χ4n) is 3.80. The maximum atomic E-state index is 12.4. The molecule has 3 aromatic heterocycles. The maximum absolute atomic E-state index is 12.4. The molecule has 11 heteroatoms. The molecule has 0 aliphatic rings. The first-order valence-corrected chi connectivity index (χ1v) is 14.3. The van der Waals surface area contributed by atoms with Gasteiger partial charge in [0.15, 0.2) is 4.96 Å². The Kier molecular flexibility index (Phi) is 7.06. The number of nitrogens with one attached hydrogen (secondary N) is 2. The topological polar surface area (TPSA) is 109 Å². The van der Waals surface area contributed by atoms with E-state index in [2.05, 4.69) is 31.0 Å². The Morgan fingerprint density at radius 3 is 2.67 bits per heavy atom. The van der Waals surface area contributed by atoms with Gasteiger partial charge in [-0.15, -0.1) is 11.3 Å². The molecule has 2 aromatic carbocycles. The van der Waals surface area contributed by atoms with Gasteiger partial charge in [0.05, 0.1) is 16.3 Å². The molecule has 0 saturated heterocycles. The van der Waals surface area contributed by atoms with Crippen molar-refractivity contribution in [3.8, 4) is 28.3 Å². The van der Waals surface area contributed by atoms with Crippen molar-refractivity contribution in [2.75, 3.05) is 18.4 Å². The number of anilines is 1. The summed E-state index contributed by atoms with van der Waals surface area (Å²) in [6.07, 6.45) is 4.28. The number of sulfonamides is 1. The van der Waals surface area contributed by atoms with Crippen molar-refractivity contribution in [2.24, 2.45) is 0 Å². The number of aromatic nitrogens is 3. The van der Waals surface area contributed by atoms with E-state index in [1.165, 1.54) is 0 Å². The molecule has 0 aliphatic carbocycles. The number of halogens is 1. The Labute approximate surface area is 220 Å². The van der Waals surface area contributed by atoms with Crippen molar-refractivity contribution in [2.45, 2.75) is 11.3 Å². The summed E-state index contributed by atoms with van der Waals surface area (Å²) >= 11 is 4.85. The number of nitrogens with zero attached hydrogens (tertiary/aromatic N) is 3. The van der Waals surface area contributed by atoms with Crippen LogP contribution >= 0.6 is 27.3 Å². The van der Waals surface area contributed by atoms with Crippen LogP contribution in [0.2, 0.25) is 0 Å². The molecule has 0 spiro atoms. The molecule has 0 radical (unpaired) electrons. The highest BCUT2D eigenvalue weighted by Gasteiger charge is 2.18. The number of aromatic hydroxyl groups is 1. The number of hydrogen-bond donors (Lipinski definition) is 3. The summed E-state index contributed by atoms with van der Waals surface area (Å²) in [7, 11) is -3.55. The average molecular weight is 585 g/mol. The number of phenolic OH excluding ortho intramolecular Hbond substituents is 1. The molecule has 184 valence electrons. The standard InChI is InChI=1S/C25H22BrN5O3S2/c26-19-5-7-21(8-6-19)36(33,34)29-11-2-10-27-22-16-18(9-12-28-22)24-23(17-3-1-4-20(32)15-17)30-25-31(24)13-14-35-25/h1,3-9,12-16,29,32H,2,10-11H2,(H,27,28). The predicted molar refractivity (Wildman–Crippen MR) is 146 cm³/mol. The number of thiazole rings is 1. The lowest BCUT2D eigenvalue weighted by Crippen LogP contribution is -2.26. The first-order valence-electron chi connectivity index (χ1n) is 11.1. The molecular formula is C25H22BrN5O3S2. The Morgan fingerprint density at radius 2 is 1.86 bits per heavy atom. The van der Waals surface area contributed by atoms with E-state index in [1.54, 1.807) is 60.0 Å². The van der Waals surface area contributed by atoms with Gasteiger partial charge in [-0.2, -0.15) is 0 Å². The Balaban J connectivity index is 1.28. The van der Waals surface area contributed by atoms with Gasteiger partial charge >= 0.3 is 0 Å². The van der Waals surface area contributed by atoms with Gasteiger partial charge in [0.2, 0.25) is 10.0 Å². The number of benzene rings is 2. The van der Waals surface area contributed by atoms with E-state index >= 15 is 0 Å². The molecule has 0 unspecified atom stereocenters. The molecule has 0 fully saturated rings. The van der Waals surface area contributed by atoms with E-state index in [0.29, 0.717) is 25.3 Å². The normalized spacial score (nSPS) is 11.7. The second-order valence-electron chi connectivity index (χ2n) is 7.98. The van der Waals surface area contributed by atoms with Gasteiger partial charge < -0.3 is 10.4 Å². The van der Waals surface area contributed by atoms with Crippen molar-refractivity contribution in [1.82, 2.24) is 19.1 Å². The van der Waals surface area contributed by atoms with Crippen LogP contribution in [-0.4, -0.2) is 41.0 Å². The number of fused-ring (bicyclic) bond motifs is 1. The van der Waals surface area contributed by atoms with E-state index in [9.17, 15) is 13.5 Å². The molecule has 0 atom stereocenters. The number of pyridine rings is 1. The fourth-order valence-corrected chi connectivity index (χ4v) is 5.85. The van der Waals surface area contributed by atoms with E-state index < -0.39 is 10.0 Å². The van der Waals surface area contributed by atoms with Crippen LogP contribution < -0.4 is 10.0 Å². The van der Waals surface area contributed by atoms with Crippen LogP contribution in [0.4, 0.5) is 5.82 Å². The SMILES string of the molecule is O=S(=O)(NCCCNc1cc(-c2c(-c3cccc(O)c3)nc3sccn23)ccn1)c1ccc(Br)cc1. The lowest BCUT2D eigenvalue weighted by molar-refractivity contribution is 0.475. The fraction of sp³-hybridized carbons (Fsp3) is 0.120. The van der Waals surface area contributed by atoms with E-state index in [0.717, 1.165) is 31.9 Å². The summed E-state index contributed by atoms with van der Waals surface area (Å²) in [5.74, 6) is 0.859. The molecule has 3 N–H and O–H groups in total. The van der Waals surface area contributed by atoms with Crippen molar-refractivity contribution < 1.29 is 13.5 Å². The second-order valence-corrected chi connectivity index (χ2v) is 11.5. The summed E-state index contributed by atoms with van der Waals surface area (Å²) in [6, 6.07) is 17.4. The van der Waals surface area contributed by atoms with Crippen LogP contribution in [0.15, 0.2) is 87.8 Å². The lowest BCUT2D eigenvalue weighted by Gasteiger charge is -2.10. The Bertz CT molecular complexity index is 1610. The highest BCUT2D eigenvalue weighted by molar-refractivity contribution is 9.10. The third-order valence-electron chi connectivity index (χ3n) is 5.49. The Morgan fingerprint density at radius 1 is 1.03 bits per heavy atom. The zero-order valence-corrected chi connectivity index (χ0v) is 22.1. The van der Waals surface area contributed by atoms with Gasteiger partial charge in [0, 0.05) is 46.5 Å². The number of phenols is 1. The lowest BCUT2D eigenvalue weighted by atomic mass is 10.1. The van der Waals surface area contributed by atoms with Crippen LogP contribution in [0.3, 0.4) is 0 Å². The molecule has 3 heterocycles. The van der Waals surface area contributed by atoms with Gasteiger partial charge in [-0.25, -0.2) is 23.1 Å². The largest absolute Gasteiger partial charge is 0.508 e. The van der Waals surface area contributed by atoms with Gasteiger partial charge in [0.25, 0.3) is 0 Å². The zero-order chi connectivity index (χ0) is 25.1. The van der Waals surface area contributed by atoms with Crippen molar-refractivity contribution >= 4 is 48.1 Å². The van der Waals surface area contributed by atoms with Crippen molar-refractivity contribution in [1.29, 1.82) is 0 Å². The minimum absolute atomic E-state index is 0.183. The highest BCUT2D eigenvalue weighted by Crippen LogP contribution is 2.35. The second kappa shape index (κ2) is 10.4. The molecule has 0 amide bonds. The number of imidazole rings is 1. The van der Waals surface area contributed by atoms with Crippen LogP contribution in [0, 0.1) is 0 Å². The average Bonchev–Trinajstić information content (AvgIpc) is 3.46. The monoisotopic (exact) mass is 583 g/mol. The quantitative estimate of drug-likeness (QED) is 0.201. The molecule has 0 saturated carbocycles.